The number of anilines is 2. The summed E-state index contributed by atoms with van der Waals surface area (Å²) in [6.07, 6.45) is 0.868. The van der Waals surface area contributed by atoms with Gasteiger partial charge in [0.05, 0.1) is 17.9 Å². The summed E-state index contributed by atoms with van der Waals surface area (Å²) >= 11 is 0. The van der Waals surface area contributed by atoms with Gasteiger partial charge in [-0.3, -0.25) is 0 Å². The Morgan fingerprint density at radius 3 is 3.10 bits per heavy atom. The Balaban J connectivity index is 1.52. The molecule has 0 radical (unpaired) electrons. The molecular formula is C17H17FN2O. The van der Waals surface area contributed by atoms with Gasteiger partial charge in [-0.25, -0.2) is 4.39 Å². The van der Waals surface area contributed by atoms with E-state index >= 15 is 0 Å². The molecule has 0 fully saturated rings. The van der Waals surface area contributed by atoms with Crippen molar-refractivity contribution in [2.45, 2.75) is 12.5 Å². The van der Waals surface area contributed by atoms with Crippen molar-refractivity contribution in [1.82, 2.24) is 0 Å². The minimum absolute atomic E-state index is 0.0907. The van der Waals surface area contributed by atoms with E-state index in [2.05, 4.69) is 28.4 Å². The molecule has 0 saturated carbocycles. The van der Waals surface area contributed by atoms with E-state index in [1.165, 1.54) is 17.4 Å². The maximum absolute atomic E-state index is 13.3. The topological polar surface area (TPSA) is 24.5 Å². The number of para-hydroxylation sites is 2. The first kappa shape index (κ1) is 12.5. The maximum Gasteiger partial charge on any atom is 0.123 e. The lowest BCUT2D eigenvalue weighted by molar-refractivity contribution is 0.237. The van der Waals surface area contributed by atoms with E-state index in [4.69, 9.17) is 4.74 Å². The van der Waals surface area contributed by atoms with Crippen LogP contribution >= 0.6 is 0 Å². The highest BCUT2D eigenvalue weighted by Crippen LogP contribution is 2.32. The minimum atomic E-state index is -0.189. The zero-order valence-corrected chi connectivity index (χ0v) is 11.7. The lowest BCUT2D eigenvalue weighted by atomic mass is 10.1. The van der Waals surface area contributed by atoms with E-state index in [0.717, 1.165) is 37.4 Å². The first-order valence-corrected chi connectivity index (χ1v) is 7.32. The monoisotopic (exact) mass is 284 g/mol. The van der Waals surface area contributed by atoms with Crippen LogP contribution in [0.15, 0.2) is 42.5 Å². The third-order valence-electron chi connectivity index (χ3n) is 4.13. The lowest BCUT2D eigenvalue weighted by Gasteiger charge is -2.33. The maximum atomic E-state index is 13.3. The first-order valence-electron chi connectivity index (χ1n) is 7.32. The van der Waals surface area contributed by atoms with Crippen LogP contribution in [0.25, 0.3) is 0 Å². The van der Waals surface area contributed by atoms with Crippen LogP contribution < -0.4 is 15.0 Å². The predicted molar refractivity (Wildman–Crippen MR) is 81.7 cm³/mol. The Bertz CT molecular complexity index is 674. The summed E-state index contributed by atoms with van der Waals surface area (Å²) in [5, 5.41) is 3.41. The molecule has 2 aromatic carbocycles. The molecule has 4 heteroatoms. The summed E-state index contributed by atoms with van der Waals surface area (Å²) in [5.74, 6) is 0.635. The molecule has 0 bridgehead atoms. The number of hydrogen-bond acceptors (Lipinski definition) is 3. The molecule has 0 aliphatic carbocycles. The third-order valence-corrected chi connectivity index (χ3v) is 4.13. The molecule has 0 spiro atoms. The van der Waals surface area contributed by atoms with Gasteiger partial charge in [0.2, 0.25) is 0 Å². The highest BCUT2D eigenvalue weighted by atomic mass is 19.1. The van der Waals surface area contributed by atoms with Gasteiger partial charge in [0.25, 0.3) is 0 Å². The number of rotatable bonds is 2. The number of ether oxygens (including phenoxy) is 1. The number of nitrogens with one attached hydrogen (secondary N) is 1. The van der Waals surface area contributed by atoms with Crippen molar-refractivity contribution >= 4 is 11.4 Å². The van der Waals surface area contributed by atoms with E-state index in [-0.39, 0.29) is 11.9 Å². The normalized spacial score (nSPS) is 19.5. The van der Waals surface area contributed by atoms with Crippen molar-refractivity contribution in [3.63, 3.8) is 0 Å². The SMILES string of the molecule is Fc1ccc2c(c1)CC(CN1CCNc3ccccc31)O2. The molecule has 4 rings (SSSR count). The Morgan fingerprint density at radius 1 is 1.24 bits per heavy atom. The summed E-state index contributed by atoms with van der Waals surface area (Å²) in [6.45, 7) is 2.72. The first-order chi connectivity index (χ1) is 10.3. The van der Waals surface area contributed by atoms with E-state index < -0.39 is 0 Å². The van der Waals surface area contributed by atoms with Crippen molar-refractivity contribution < 1.29 is 9.13 Å². The van der Waals surface area contributed by atoms with Gasteiger partial charge >= 0.3 is 0 Å². The zero-order valence-electron chi connectivity index (χ0n) is 11.7. The fourth-order valence-corrected chi connectivity index (χ4v) is 3.17. The lowest BCUT2D eigenvalue weighted by Crippen LogP contribution is -2.40. The van der Waals surface area contributed by atoms with Gasteiger partial charge in [-0.2, -0.15) is 0 Å². The largest absolute Gasteiger partial charge is 0.488 e. The summed E-state index contributed by atoms with van der Waals surface area (Å²) in [6, 6.07) is 13.1. The number of benzene rings is 2. The summed E-state index contributed by atoms with van der Waals surface area (Å²) in [5.41, 5.74) is 3.36. The van der Waals surface area contributed by atoms with E-state index in [0.29, 0.717) is 0 Å². The fraction of sp³-hybridized carbons (Fsp3) is 0.294. The minimum Gasteiger partial charge on any atom is -0.488 e. The van der Waals surface area contributed by atoms with Gasteiger partial charge < -0.3 is 15.0 Å². The second kappa shape index (κ2) is 4.95. The molecule has 2 aliphatic heterocycles. The van der Waals surface area contributed by atoms with Crippen molar-refractivity contribution in [2.24, 2.45) is 0 Å². The molecule has 1 atom stereocenters. The molecule has 1 N–H and O–H groups in total. The summed E-state index contributed by atoms with van der Waals surface area (Å²) in [4.78, 5) is 2.35. The second-order valence-electron chi connectivity index (χ2n) is 5.59. The molecule has 0 saturated heterocycles. The fourth-order valence-electron chi connectivity index (χ4n) is 3.17. The van der Waals surface area contributed by atoms with E-state index in [1.807, 2.05) is 6.07 Å². The van der Waals surface area contributed by atoms with Crippen molar-refractivity contribution in [2.75, 3.05) is 29.9 Å². The molecule has 108 valence electrons. The summed E-state index contributed by atoms with van der Waals surface area (Å²) in [7, 11) is 0. The number of halogens is 1. The number of hydrogen-bond donors (Lipinski definition) is 1. The van der Waals surface area contributed by atoms with Crippen LogP contribution in [0.1, 0.15) is 5.56 Å². The van der Waals surface area contributed by atoms with Crippen LogP contribution in [0.3, 0.4) is 0 Å². The van der Waals surface area contributed by atoms with Gasteiger partial charge in [0.15, 0.2) is 0 Å². The molecule has 0 aromatic heterocycles. The third kappa shape index (κ3) is 2.31. The van der Waals surface area contributed by atoms with Gasteiger partial charge in [0, 0.05) is 25.1 Å². The van der Waals surface area contributed by atoms with Crippen molar-refractivity contribution in [3.05, 3.63) is 53.8 Å². The highest BCUT2D eigenvalue weighted by Gasteiger charge is 2.27. The van der Waals surface area contributed by atoms with E-state index in [1.54, 1.807) is 12.1 Å². The van der Waals surface area contributed by atoms with Crippen LogP contribution in [-0.2, 0) is 6.42 Å². The van der Waals surface area contributed by atoms with Crippen LogP contribution in [0.2, 0.25) is 0 Å². The van der Waals surface area contributed by atoms with Gasteiger partial charge in [-0.1, -0.05) is 12.1 Å². The number of nitrogens with zero attached hydrogens (tertiary/aromatic N) is 1. The van der Waals surface area contributed by atoms with Crippen molar-refractivity contribution in [3.8, 4) is 5.75 Å². The summed E-state index contributed by atoms with van der Waals surface area (Å²) < 4.78 is 19.2. The van der Waals surface area contributed by atoms with E-state index in [9.17, 15) is 4.39 Å². The van der Waals surface area contributed by atoms with Crippen LogP contribution in [0.4, 0.5) is 15.8 Å². The molecule has 0 amide bonds. The predicted octanol–water partition coefficient (Wildman–Crippen LogP) is 3.06. The molecule has 2 aromatic rings. The van der Waals surface area contributed by atoms with Gasteiger partial charge in [-0.05, 0) is 30.3 Å². The zero-order chi connectivity index (χ0) is 14.2. The molecule has 2 heterocycles. The van der Waals surface area contributed by atoms with Crippen molar-refractivity contribution in [1.29, 1.82) is 0 Å². The Morgan fingerprint density at radius 2 is 2.14 bits per heavy atom. The Labute approximate surface area is 123 Å². The molecule has 2 aliphatic rings. The Hall–Kier alpha value is -2.23. The molecular weight excluding hydrogens is 267 g/mol. The standard InChI is InChI=1S/C17H17FN2O/c18-13-5-6-17-12(9-13)10-14(21-17)11-20-8-7-19-15-3-1-2-4-16(15)20/h1-6,9,14,19H,7-8,10-11H2. The van der Waals surface area contributed by atoms with Crippen LogP contribution in [0.5, 0.6) is 5.75 Å². The highest BCUT2D eigenvalue weighted by molar-refractivity contribution is 5.72. The number of fused-ring (bicyclic) bond motifs is 2. The van der Waals surface area contributed by atoms with Gasteiger partial charge in [-0.15, -0.1) is 0 Å². The van der Waals surface area contributed by atoms with Crippen LogP contribution in [-0.4, -0.2) is 25.7 Å². The van der Waals surface area contributed by atoms with Crippen LogP contribution in [0, 0.1) is 5.82 Å². The average Bonchev–Trinajstić information content (AvgIpc) is 2.89. The average molecular weight is 284 g/mol. The quantitative estimate of drug-likeness (QED) is 0.917. The smallest absolute Gasteiger partial charge is 0.123 e. The second-order valence-corrected chi connectivity index (χ2v) is 5.59. The molecule has 3 nitrogen and oxygen atoms in total. The molecule has 1 unspecified atom stereocenters. The Kier molecular flexibility index (Phi) is 2.95. The van der Waals surface area contributed by atoms with Gasteiger partial charge in [0.1, 0.15) is 17.7 Å². The molecule has 21 heavy (non-hydrogen) atoms.